The van der Waals surface area contributed by atoms with Crippen molar-refractivity contribution in [3.8, 4) is 0 Å². The van der Waals surface area contributed by atoms with E-state index in [1.165, 1.54) is 16.5 Å². The summed E-state index contributed by atoms with van der Waals surface area (Å²) in [5.74, 6) is -1.13. The van der Waals surface area contributed by atoms with Crippen LogP contribution < -0.4 is 10.6 Å². The first kappa shape index (κ1) is 19.4. The fourth-order valence-corrected chi connectivity index (χ4v) is 2.65. The second-order valence-electron chi connectivity index (χ2n) is 6.03. The third-order valence-corrected chi connectivity index (χ3v) is 3.95. The van der Waals surface area contributed by atoms with Gasteiger partial charge in [-0.25, -0.2) is 4.98 Å². The predicted octanol–water partition coefficient (Wildman–Crippen LogP) is 3.75. The molecular weight excluding hydrogens is 373 g/mol. The Morgan fingerprint density at radius 1 is 1.11 bits per heavy atom. The number of benzene rings is 1. The van der Waals surface area contributed by atoms with Gasteiger partial charge in [0, 0.05) is 18.4 Å². The van der Waals surface area contributed by atoms with Gasteiger partial charge in [0.05, 0.1) is 11.1 Å². The summed E-state index contributed by atoms with van der Waals surface area (Å²) in [6, 6.07) is 9.26. The average Bonchev–Trinajstić information content (AvgIpc) is 3.05. The number of hydrogen-bond acceptors (Lipinski definition) is 3. The van der Waals surface area contributed by atoms with E-state index in [1.54, 1.807) is 24.4 Å². The smallest absolute Gasteiger partial charge is 0.349 e. The summed E-state index contributed by atoms with van der Waals surface area (Å²) >= 11 is 0. The van der Waals surface area contributed by atoms with Crippen LogP contribution in [0.25, 0.3) is 5.52 Å². The van der Waals surface area contributed by atoms with Gasteiger partial charge in [0.2, 0.25) is 5.82 Å². The minimum absolute atomic E-state index is 0.0195. The van der Waals surface area contributed by atoms with Crippen molar-refractivity contribution < 1.29 is 22.8 Å². The van der Waals surface area contributed by atoms with Crippen LogP contribution in [0.15, 0.2) is 48.7 Å². The number of rotatable bonds is 5. The molecule has 146 valence electrons. The standard InChI is InChI=1S/C19H17F3N4O2/c1-2-9-23-18(28)16-25-15(14-8-3-4-10-26(14)16)17(27)24-13-7-5-6-12(11-13)19(20,21)22/h3-8,10-11H,2,9H2,1H3,(H,23,28)(H,24,27). The van der Waals surface area contributed by atoms with Gasteiger partial charge in [-0.15, -0.1) is 0 Å². The first-order chi connectivity index (χ1) is 13.3. The molecule has 9 heteroatoms. The number of nitrogens with zero attached hydrogens (tertiary/aromatic N) is 2. The number of anilines is 1. The lowest BCUT2D eigenvalue weighted by atomic mass is 10.2. The molecule has 0 aliphatic carbocycles. The number of pyridine rings is 1. The van der Waals surface area contributed by atoms with Crippen molar-refractivity contribution in [3.63, 3.8) is 0 Å². The molecule has 2 aromatic heterocycles. The van der Waals surface area contributed by atoms with Crippen molar-refractivity contribution in [1.29, 1.82) is 0 Å². The molecule has 2 heterocycles. The lowest BCUT2D eigenvalue weighted by Crippen LogP contribution is -2.26. The van der Waals surface area contributed by atoms with Crippen LogP contribution in [0.4, 0.5) is 18.9 Å². The molecule has 0 bridgehead atoms. The number of fused-ring (bicyclic) bond motifs is 1. The molecule has 28 heavy (non-hydrogen) atoms. The zero-order valence-corrected chi connectivity index (χ0v) is 14.9. The zero-order chi connectivity index (χ0) is 20.3. The average molecular weight is 390 g/mol. The fourth-order valence-electron chi connectivity index (χ4n) is 2.65. The van der Waals surface area contributed by atoms with E-state index in [0.717, 1.165) is 18.6 Å². The van der Waals surface area contributed by atoms with Gasteiger partial charge in [-0.3, -0.25) is 14.0 Å². The molecule has 0 aliphatic rings. The summed E-state index contributed by atoms with van der Waals surface area (Å²) in [7, 11) is 0. The third-order valence-electron chi connectivity index (χ3n) is 3.95. The van der Waals surface area contributed by atoms with Gasteiger partial charge in [0.25, 0.3) is 11.8 Å². The van der Waals surface area contributed by atoms with Crippen LogP contribution in [0, 0.1) is 0 Å². The third kappa shape index (κ3) is 3.98. The number of carbonyl (C=O) groups is 2. The zero-order valence-electron chi connectivity index (χ0n) is 14.9. The number of carbonyl (C=O) groups excluding carboxylic acids is 2. The highest BCUT2D eigenvalue weighted by Gasteiger charge is 2.30. The molecule has 3 aromatic rings. The van der Waals surface area contributed by atoms with E-state index >= 15 is 0 Å². The van der Waals surface area contributed by atoms with E-state index in [4.69, 9.17) is 0 Å². The number of amides is 2. The molecule has 0 fully saturated rings. The molecule has 0 aliphatic heterocycles. The van der Waals surface area contributed by atoms with Gasteiger partial charge in [-0.05, 0) is 36.8 Å². The highest BCUT2D eigenvalue weighted by Crippen LogP contribution is 2.30. The first-order valence-electron chi connectivity index (χ1n) is 8.55. The lowest BCUT2D eigenvalue weighted by molar-refractivity contribution is -0.137. The molecule has 3 rings (SSSR count). The molecule has 0 radical (unpaired) electrons. The van der Waals surface area contributed by atoms with Crippen LogP contribution in [0.2, 0.25) is 0 Å². The number of hydrogen-bond donors (Lipinski definition) is 2. The SMILES string of the molecule is CCCNC(=O)c1nc(C(=O)Nc2cccc(C(F)(F)F)c2)c2ccccn12. The van der Waals surface area contributed by atoms with Crippen LogP contribution in [-0.4, -0.2) is 27.7 Å². The van der Waals surface area contributed by atoms with Crippen molar-refractivity contribution in [1.82, 2.24) is 14.7 Å². The van der Waals surface area contributed by atoms with E-state index in [-0.39, 0.29) is 17.2 Å². The Balaban J connectivity index is 1.93. The van der Waals surface area contributed by atoms with Gasteiger partial charge >= 0.3 is 6.18 Å². The molecule has 0 atom stereocenters. The van der Waals surface area contributed by atoms with Gasteiger partial charge in [-0.1, -0.05) is 19.1 Å². The van der Waals surface area contributed by atoms with E-state index < -0.39 is 23.6 Å². The van der Waals surface area contributed by atoms with Crippen LogP contribution >= 0.6 is 0 Å². The second-order valence-corrected chi connectivity index (χ2v) is 6.03. The molecule has 6 nitrogen and oxygen atoms in total. The van der Waals surface area contributed by atoms with Crippen LogP contribution in [-0.2, 0) is 6.18 Å². The van der Waals surface area contributed by atoms with Gasteiger partial charge in [-0.2, -0.15) is 13.2 Å². The van der Waals surface area contributed by atoms with Gasteiger partial charge in [0.15, 0.2) is 5.69 Å². The molecule has 2 N–H and O–H groups in total. The van der Waals surface area contributed by atoms with E-state index in [2.05, 4.69) is 15.6 Å². The summed E-state index contributed by atoms with van der Waals surface area (Å²) in [5.41, 5.74) is -0.582. The highest BCUT2D eigenvalue weighted by atomic mass is 19.4. The maximum absolute atomic E-state index is 12.9. The molecule has 0 saturated heterocycles. The Bertz CT molecular complexity index is 1030. The Kier molecular flexibility index (Phi) is 5.34. The van der Waals surface area contributed by atoms with E-state index in [0.29, 0.717) is 12.1 Å². The van der Waals surface area contributed by atoms with Crippen LogP contribution in [0.3, 0.4) is 0 Å². The maximum atomic E-state index is 12.9. The molecule has 0 unspecified atom stereocenters. The molecule has 0 spiro atoms. The molecule has 0 saturated carbocycles. The van der Waals surface area contributed by atoms with E-state index in [1.807, 2.05) is 6.92 Å². The summed E-state index contributed by atoms with van der Waals surface area (Å²) in [6.45, 7) is 2.35. The Morgan fingerprint density at radius 2 is 1.89 bits per heavy atom. The van der Waals surface area contributed by atoms with Crippen molar-refractivity contribution in [2.24, 2.45) is 0 Å². The quantitative estimate of drug-likeness (QED) is 0.697. The Hall–Kier alpha value is -3.36. The fraction of sp³-hybridized carbons (Fsp3) is 0.211. The van der Waals surface area contributed by atoms with Crippen molar-refractivity contribution >= 4 is 23.0 Å². The largest absolute Gasteiger partial charge is 0.416 e. The minimum Gasteiger partial charge on any atom is -0.349 e. The lowest BCUT2D eigenvalue weighted by Gasteiger charge is -2.09. The Morgan fingerprint density at radius 3 is 2.61 bits per heavy atom. The van der Waals surface area contributed by atoms with Crippen molar-refractivity contribution in [3.05, 3.63) is 65.7 Å². The van der Waals surface area contributed by atoms with Crippen molar-refractivity contribution in [2.45, 2.75) is 19.5 Å². The monoisotopic (exact) mass is 390 g/mol. The van der Waals surface area contributed by atoms with Crippen LogP contribution in [0.5, 0.6) is 0 Å². The number of nitrogens with one attached hydrogen (secondary N) is 2. The first-order valence-corrected chi connectivity index (χ1v) is 8.55. The summed E-state index contributed by atoms with van der Waals surface area (Å²) in [5, 5.41) is 5.10. The summed E-state index contributed by atoms with van der Waals surface area (Å²) < 4.78 is 40.0. The number of halogens is 3. The van der Waals surface area contributed by atoms with Gasteiger partial charge in [0.1, 0.15) is 0 Å². The number of aromatic nitrogens is 2. The minimum atomic E-state index is -4.52. The van der Waals surface area contributed by atoms with Crippen LogP contribution in [0.1, 0.15) is 40.0 Å². The normalized spacial score (nSPS) is 11.4. The molecule has 2 amide bonds. The summed E-state index contributed by atoms with van der Waals surface area (Å²) in [6.07, 6.45) is -2.20. The number of imidazole rings is 1. The number of alkyl halides is 3. The topological polar surface area (TPSA) is 75.5 Å². The highest BCUT2D eigenvalue weighted by molar-refractivity contribution is 6.09. The maximum Gasteiger partial charge on any atom is 0.416 e. The molecule has 1 aromatic carbocycles. The van der Waals surface area contributed by atoms with Crippen molar-refractivity contribution in [2.75, 3.05) is 11.9 Å². The molecular formula is C19H17F3N4O2. The predicted molar refractivity (Wildman–Crippen MR) is 97.2 cm³/mol. The summed E-state index contributed by atoms with van der Waals surface area (Å²) in [4.78, 5) is 29.1. The second kappa shape index (κ2) is 7.71. The Labute approximate surface area is 158 Å². The van der Waals surface area contributed by atoms with E-state index in [9.17, 15) is 22.8 Å². The van der Waals surface area contributed by atoms with Gasteiger partial charge < -0.3 is 10.6 Å².